The number of aryl methyl sites for hydroxylation is 1. The molecule has 0 aromatic heterocycles. The van der Waals surface area contributed by atoms with Gasteiger partial charge in [0.05, 0.1) is 11.4 Å². The monoisotopic (exact) mass is 427 g/mol. The molecule has 30 heavy (non-hydrogen) atoms. The summed E-state index contributed by atoms with van der Waals surface area (Å²) >= 11 is 0. The Morgan fingerprint density at radius 1 is 1.00 bits per heavy atom. The molecule has 6 nitrogen and oxygen atoms in total. The normalized spacial score (nSPS) is 18.0. The van der Waals surface area contributed by atoms with Crippen LogP contribution in [0.1, 0.15) is 41.6 Å². The van der Waals surface area contributed by atoms with E-state index >= 15 is 0 Å². The van der Waals surface area contributed by atoms with Gasteiger partial charge in [-0.1, -0.05) is 24.3 Å². The first-order valence-corrected chi connectivity index (χ1v) is 12.4. The molecule has 0 saturated carbocycles. The molecule has 4 rings (SSSR count). The lowest BCUT2D eigenvalue weighted by Crippen LogP contribution is -2.38. The van der Waals surface area contributed by atoms with Gasteiger partial charge in [0.2, 0.25) is 10.0 Å². The van der Waals surface area contributed by atoms with E-state index in [1.54, 1.807) is 24.3 Å². The number of nitrogens with zero attached hydrogens (tertiary/aromatic N) is 2. The van der Waals surface area contributed by atoms with Gasteiger partial charge >= 0.3 is 0 Å². The number of fused-ring (bicyclic) bond motifs is 1. The van der Waals surface area contributed by atoms with Crippen LogP contribution in [0.25, 0.3) is 0 Å². The maximum atomic E-state index is 12.6. The Bertz CT molecular complexity index is 1010. The smallest absolute Gasteiger partial charge is 0.251 e. The van der Waals surface area contributed by atoms with Crippen molar-refractivity contribution in [3.05, 3.63) is 59.7 Å². The van der Waals surface area contributed by atoms with Crippen molar-refractivity contribution in [3.8, 4) is 0 Å². The Labute approximate surface area is 178 Å². The van der Waals surface area contributed by atoms with Crippen LogP contribution < -0.4 is 14.5 Å². The van der Waals surface area contributed by atoms with Crippen LogP contribution in [-0.2, 0) is 16.4 Å². The summed E-state index contributed by atoms with van der Waals surface area (Å²) in [5.41, 5.74) is 3.78. The van der Waals surface area contributed by atoms with Gasteiger partial charge in [-0.15, -0.1) is 0 Å². The van der Waals surface area contributed by atoms with E-state index in [-0.39, 0.29) is 11.7 Å². The fourth-order valence-electron chi connectivity index (χ4n) is 4.30. The van der Waals surface area contributed by atoms with E-state index in [2.05, 4.69) is 34.5 Å². The molecule has 0 aliphatic carbocycles. The number of carbonyl (C=O) groups excluding carboxylic acids is 1. The van der Waals surface area contributed by atoms with E-state index in [9.17, 15) is 13.2 Å². The number of amides is 1. The first-order chi connectivity index (χ1) is 14.5. The molecule has 0 unspecified atom stereocenters. The van der Waals surface area contributed by atoms with E-state index in [0.29, 0.717) is 30.8 Å². The minimum Gasteiger partial charge on any atom is -0.371 e. The maximum Gasteiger partial charge on any atom is 0.251 e. The minimum atomic E-state index is -3.28. The van der Waals surface area contributed by atoms with Crippen LogP contribution in [0.2, 0.25) is 0 Å². The lowest BCUT2D eigenvalue weighted by molar-refractivity contribution is 0.0953. The van der Waals surface area contributed by atoms with Crippen molar-refractivity contribution in [2.45, 2.75) is 32.1 Å². The van der Waals surface area contributed by atoms with Gasteiger partial charge in [-0.25, -0.2) is 8.42 Å². The summed E-state index contributed by atoms with van der Waals surface area (Å²) in [4.78, 5) is 15.0. The van der Waals surface area contributed by atoms with Gasteiger partial charge in [0.15, 0.2) is 0 Å². The van der Waals surface area contributed by atoms with E-state index in [0.717, 1.165) is 38.8 Å². The van der Waals surface area contributed by atoms with Gasteiger partial charge in [0, 0.05) is 37.4 Å². The van der Waals surface area contributed by atoms with Crippen molar-refractivity contribution < 1.29 is 13.2 Å². The summed E-state index contributed by atoms with van der Waals surface area (Å²) in [6.45, 7) is 3.02. The number of sulfonamides is 1. The molecule has 7 heteroatoms. The van der Waals surface area contributed by atoms with E-state index in [1.807, 2.05) is 0 Å². The molecule has 2 aromatic carbocycles. The van der Waals surface area contributed by atoms with Crippen LogP contribution in [0.15, 0.2) is 48.5 Å². The molecule has 1 fully saturated rings. The summed E-state index contributed by atoms with van der Waals surface area (Å²) in [6.07, 6.45) is 4.69. The Kier molecular flexibility index (Phi) is 6.27. The Balaban J connectivity index is 1.32. The summed E-state index contributed by atoms with van der Waals surface area (Å²) in [5.74, 6) is 0.00794. The first kappa shape index (κ1) is 20.7. The zero-order valence-electron chi connectivity index (χ0n) is 17.2. The van der Waals surface area contributed by atoms with E-state index < -0.39 is 10.0 Å². The second-order valence-electron chi connectivity index (χ2n) is 7.97. The van der Waals surface area contributed by atoms with Crippen LogP contribution in [0.4, 0.5) is 11.4 Å². The second-order valence-corrected chi connectivity index (χ2v) is 9.99. The van der Waals surface area contributed by atoms with E-state index in [4.69, 9.17) is 0 Å². The number of rotatable bonds is 6. The standard InChI is InChI=1S/C23H29N3O3S/c27-23(20-9-5-11-21(18-20)26-16-3-4-17-30(26,28)29)24-13-7-15-25-14-6-10-19-8-1-2-12-22(19)25/h1-2,5,8-9,11-12,18H,3-4,6-7,10,13-17H2,(H,24,27). The van der Waals surface area contributed by atoms with E-state index in [1.165, 1.54) is 15.6 Å². The van der Waals surface area contributed by atoms with Gasteiger partial charge in [-0.3, -0.25) is 9.10 Å². The number of hydrogen-bond acceptors (Lipinski definition) is 4. The minimum absolute atomic E-state index is 0.162. The second kappa shape index (κ2) is 9.08. The van der Waals surface area contributed by atoms with Crippen LogP contribution >= 0.6 is 0 Å². The molecule has 160 valence electrons. The van der Waals surface area contributed by atoms with Gasteiger partial charge in [-0.05, 0) is 61.9 Å². The molecule has 1 saturated heterocycles. The summed E-state index contributed by atoms with van der Waals surface area (Å²) in [7, 11) is -3.28. The number of para-hydroxylation sites is 1. The van der Waals surface area contributed by atoms with Gasteiger partial charge in [0.1, 0.15) is 0 Å². The molecular formula is C23H29N3O3S. The van der Waals surface area contributed by atoms with Crippen molar-refractivity contribution >= 4 is 27.3 Å². The summed E-state index contributed by atoms with van der Waals surface area (Å²) in [6, 6.07) is 15.5. The average Bonchev–Trinajstić information content (AvgIpc) is 2.76. The van der Waals surface area contributed by atoms with Gasteiger partial charge in [0.25, 0.3) is 5.91 Å². The summed E-state index contributed by atoms with van der Waals surface area (Å²) in [5, 5.41) is 2.98. The number of carbonyl (C=O) groups is 1. The highest BCUT2D eigenvalue weighted by molar-refractivity contribution is 7.92. The molecule has 0 spiro atoms. The predicted molar refractivity (Wildman–Crippen MR) is 121 cm³/mol. The van der Waals surface area contributed by atoms with Gasteiger partial charge in [-0.2, -0.15) is 0 Å². The average molecular weight is 428 g/mol. The molecule has 2 aliphatic rings. The molecule has 1 N–H and O–H groups in total. The number of benzene rings is 2. The highest BCUT2D eigenvalue weighted by Gasteiger charge is 2.26. The Hall–Kier alpha value is -2.54. The molecule has 2 aromatic rings. The SMILES string of the molecule is O=C(NCCCN1CCCc2ccccc21)c1cccc(N2CCCCS2(=O)=O)c1. The lowest BCUT2D eigenvalue weighted by Gasteiger charge is -2.31. The highest BCUT2D eigenvalue weighted by Crippen LogP contribution is 2.27. The molecule has 1 amide bonds. The van der Waals surface area contributed by atoms with Crippen molar-refractivity contribution in [2.24, 2.45) is 0 Å². The zero-order valence-corrected chi connectivity index (χ0v) is 18.0. The number of anilines is 2. The number of hydrogen-bond donors (Lipinski definition) is 1. The molecule has 0 atom stereocenters. The molecule has 0 bridgehead atoms. The fraction of sp³-hybridized carbons (Fsp3) is 0.435. The third kappa shape index (κ3) is 4.61. The lowest BCUT2D eigenvalue weighted by atomic mass is 10.0. The predicted octanol–water partition coefficient (Wildman–Crippen LogP) is 3.19. The van der Waals surface area contributed by atoms with Crippen LogP contribution in [0.5, 0.6) is 0 Å². The third-order valence-electron chi connectivity index (χ3n) is 5.84. The topological polar surface area (TPSA) is 69.7 Å². The zero-order chi connectivity index (χ0) is 21.0. The van der Waals surface area contributed by atoms with Crippen molar-refractivity contribution in [2.75, 3.05) is 41.1 Å². The van der Waals surface area contributed by atoms with Crippen LogP contribution in [-0.4, -0.2) is 46.3 Å². The van der Waals surface area contributed by atoms with Crippen molar-refractivity contribution in [1.29, 1.82) is 0 Å². The van der Waals surface area contributed by atoms with Crippen molar-refractivity contribution in [3.63, 3.8) is 0 Å². The maximum absolute atomic E-state index is 12.6. The molecule has 2 heterocycles. The number of nitrogens with one attached hydrogen (secondary N) is 1. The first-order valence-electron chi connectivity index (χ1n) is 10.8. The fourth-order valence-corrected chi connectivity index (χ4v) is 5.93. The van der Waals surface area contributed by atoms with Crippen LogP contribution in [0, 0.1) is 0 Å². The highest BCUT2D eigenvalue weighted by atomic mass is 32.2. The van der Waals surface area contributed by atoms with Crippen molar-refractivity contribution in [1.82, 2.24) is 5.32 Å². The quantitative estimate of drug-likeness (QED) is 0.719. The summed E-state index contributed by atoms with van der Waals surface area (Å²) < 4.78 is 26.1. The van der Waals surface area contributed by atoms with Crippen LogP contribution in [0.3, 0.4) is 0 Å². The molecule has 2 aliphatic heterocycles. The third-order valence-corrected chi connectivity index (χ3v) is 7.71. The molecular weight excluding hydrogens is 398 g/mol. The Morgan fingerprint density at radius 2 is 1.87 bits per heavy atom. The van der Waals surface area contributed by atoms with Gasteiger partial charge < -0.3 is 10.2 Å². The molecule has 0 radical (unpaired) electrons. The Morgan fingerprint density at radius 3 is 2.73 bits per heavy atom. The largest absolute Gasteiger partial charge is 0.371 e.